The van der Waals surface area contributed by atoms with Crippen LogP contribution in [0.3, 0.4) is 0 Å². The molecule has 2 amide bonds. The molecule has 1 unspecified atom stereocenters. The zero-order valence-electron chi connectivity index (χ0n) is 12.2. The molecule has 2 aliphatic rings. The quantitative estimate of drug-likeness (QED) is 0.838. The summed E-state index contributed by atoms with van der Waals surface area (Å²) in [5.74, 6) is 0.517. The number of amides is 2. The van der Waals surface area contributed by atoms with Crippen LogP contribution in [0.25, 0.3) is 0 Å². The number of carbonyl (C=O) groups excluding carboxylic acids is 2. The van der Waals surface area contributed by atoms with Crippen LogP contribution < -0.4 is 5.32 Å². The van der Waals surface area contributed by atoms with Gasteiger partial charge in [0.2, 0.25) is 11.8 Å². The number of aromatic amines is 1. The molecule has 0 spiro atoms. The number of piperidine rings is 1. The Bertz CT molecular complexity index is 496. The highest BCUT2D eigenvalue weighted by molar-refractivity contribution is 5.83. The van der Waals surface area contributed by atoms with Crippen LogP contribution in [-0.4, -0.2) is 46.3 Å². The standard InChI is InChI=1S/C15H22N4O2/c20-14(17-6-5-13-8-16-10-18-13)12-2-1-7-19(9-12)15(21)11-3-4-11/h8,10-12H,1-7,9H2,(H,16,18)(H,17,20). The lowest BCUT2D eigenvalue weighted by Crippen LogP contribution is -2.46. The number of nitrogens with zero attached hydrogens (tertiary/aromatic N) is 2. The number of carbonyl (C=O) groups is 2. The van der Waals surface area contributed by atoms with E-state index in [-0.39, 0.29) is 23.7 Å². The van der Waals surface area contributed by atoms with Crippen LogP contribution >= 0.6 is 0 Å². The second-order valence-electron chi connectivity index (χ2n) is 6.02. The first-order chi connectivity index (χ1) is 10.2. The van der Waals surface area contributed by atoms with Crippen molar-refractivity contribution in [2.24, 2.45) is 11.8 Å². The van der Waals surface area contributed by atoms with Crippen molar-refractivity contribution in [3.8, 4) is 0 Å². The third-order valence-electron chi connectivity index (χ3n) is 4.28. The van der Waals surface area contributed by atoms with Gasteiger partial charge < -0.3 is 15.2 Å². The average molecular weight is 290 g/mol. The van der Waals surface area contributed by atoms with Gasteiger partial charge >= 0.3 is 0 Å². The molecule has 6 nitrogen and oxygen atoms in total. The summed E-state index contributed by atoms with van der Waals surface area (Å²) < 4.78 is 0. The fourth-order valence-corrected chi connectivity index (χ4v) is 2.87. The lowest BCUT2D eigenvalue weighted by molar-refractivity contribution is -0.136. The van der Waals surface area contributed by atoms with Gasteiger partial charge in [0, 0.05) is 43.9 Å². The Labute approximate surface area is 124 Å². The highest BCUT2D eigenvalue weighted by Crippen LogP contribution is 2.32. The van der Waals surface area contributed by atoms with E-state index >= 15 is 0 Å². The van der Waals surface area contributed by atoms with E-state index in [4.69, 9.17) is 0 Å². The van der Waals surface area contributed by atoms with Gasteiger partial charge in [-0.3, -0.25) is 9.59 Å². The van der Waals surface area contributed by atoms with Crippen LogP contribution in [0.2, 0.25) is 0 Å². The first kappa shape index (κ1) is 14.1. The van der Waals surface area contributed by atoms with E-state index in [0.29, 0.717) is 13.1 Å². The Kier molecular flexibility index (Phi) is 4.22. The summed E-state index contributed by atoms with van der Waals surface area (Å²) in [7, 11) is 0. The molecule has 1 aromatic heterocycles. The van der Waals surface area contributed by atoms with Crippen molar-refractivity contribution in [2.45, 2.75) is 32.1 Å². The average Bonchev–Trinajstić information content (AvgIpc) is 3.24. The topological polar surface area (TPSA) is 78.1 Å². The number of rotatable bonds is 5. The number of hydrogen-bond acceptors (Lipinski definition) is 3. The van der Waals surface area contributed by atoms with E-state index in [9.17, 15) is 9.59 Å². The number of likely N-dealkylation sites (tertiary alicyclic amines) is 1. The lowest BCUT2D eigenvalue weighted by atomic mass is 9.96. The Morgan fingerprint density at radius 3 is 2.90 bits per heavy atom. The zero-order chi connectivity index (χ0) is 14.7. The van der Waals surface area contributed by atoms with Crippen molar-refractivity contribution in [1.29, 1.82) is 0 Å². The van der Waals surface area contributed by atoms with E-state index in [1.54, 1.807) is 12.5 Å². The third-order valence-corrected chi connectivity index (χ3v) is 4.28. The molecule has 6 heteroatoms. The summed E-state index contributed by atoms with van der Waals surface area (Å²) in [5.41, 5.74) is 1.02. The largest absolute Gasteiger partial charge is 0.355 e. The molecule has 1 aliphatic carbocycles. The first-order valence-electron chi connectivity index (χ1n) is 7.78. The molecule has 1 saturated heterocycles. The summed E-state index contributed by atoms with van der Waals surface area (Å²) in [6.07, 6.45) is 8.01. The molecule has 3 rings (SSSR count). The highest BCUT2D eigenvalue weighted by Gasteiger charge is 2.36. The molecular formula is C15H22N4O2. The van der Waals surface area contributed by atoms with Crippen molar-refractivity contribution in [3.63, 3.8) is 0 Å². The van der Waals surface area contributed by atoms with Crippen molar-refractivity contribution >= 4 is 11.8 Å². The summed E-state index contributed by atoms with van der Waals surface area (Å²) in [4.78, 5) is 33.1. The molecule has 2 fully saturated rings. The number of H-pyrrole nitrogens is 1. The maximum atomic E-state index is 12.2. The van der Waals surface area contributed by atoms with Crippen LogP contribution in [0, 0.1) is 11.8 Å². The normalized spacial score (nSPS) is 22.1. The van der Waals surface area contributed by atoms with E-state index in [1.807, 2.05) is 4.90 Å². The Hall–Kier alpha value is -1.85. The molecule has 0 radical (unpaired) electrons. The Balaban J connectivity index is 1.44. The summed E-state index contributed by atoms with van der Waals surface area (Å²) in [6, 6.07) is 0. The molecule has 1 aliphatic heterocycles. The van der Waals surface area contributed by atoms with Gasteiger partial charge in [-0.1, -0.05) is 0 Å². The minimum absolute atomic E-state index is 0.0526. The van der Waals surface area contributed by atoms with E-state index in [0.717, 1.165) is 44.3 Å². The number of hydrogen-bond donors (Lipinski definition) is 2. The molecule has 0 bridgehead atoms. The third kappa shape index (κ3) is 3.62. The van der Waals surface area contributed by atoms with Crippen LogP contribution in [0.5, 0.6) is 0 Å². The zero-order valence-corrected chi connectivity index (χ0v) is 12.2. The fourth-order valence-electron chi connectivity index (χ4n) is 2.87. The second kappa shape index (κ2) is 6.28. The fraction of sp³-hybridized carbons (Fsp3) is 0.667. The van der Waals surface area contributed by atoms with Gasteiger partial charge in [-0.15, -0.1) is 0 Å². The second-order valence-corrected chi connectivity index (χ2v) is 6.02. The van der Waals surface area contributed by atoms with Crippen LogP contribution in [0.1, 0.15) is 31.4 Å². The van der Waals surface area contributed by atoms with Crippen molar-refractivity contribution < 1.29 is 9.59 Å². The van der Waals surface area contributed by atoms with Gasteiger partial charge in [-0.2, -0.15) is 0 Å². The monoisotopic (exact) mass is 290 g/mol. The van der Waals surface area contributed by atoms with E-state index in [1.165, 1.54) is 0 Å². The highest BCUT2D eigenvalue weighted by atomic mass is 16.2. The van der Waals surface area contributed by atoms with Crippen LogP contribution in [0.15, 0.2) is 12.5 Å². The molecule has 21 heavy (non-hydrogen) atoms. The predicted molar refractivity (Wildman–Crippen MR) is 77.3 cm³/mol. The number of imidazole rings is 1. The van der Waals surface area contributed by atoms with Gasteiger partial charge in [0.05, 0.1) is 12.2 Å². The molecule has 1 aromatic rings. The van der Waals surface area contributed by atoms with Crippen LogP contribution in [-0.2, 0) is 16.0 Å². The van der Waals surface area contributed by atoms with Gasteiger partial charge in [-0.05, 0) is 25.7 Å². The minimum Gasteiger partial charge on any atom is -0.355 e. The van der Waals surface area contributed by atoms with E-state index in [2.05, 4.69) is 15.3 Å². The smallest absolute Gasteiger partial charge is 0.225 e. The SMILES string of the molecule is O=C(NCCc1cnc[nH]1)C1CCCN(C(=O)C2CC2)C1. The van der Waals surface area contributed by atoms with Crippen LogP contribution in [0.4, 0.5) is 0 Å². The summed E-state index contributed by atoms with van der Waals surface area (Å²) >= 11 is 0. The van der Waals surface area contributed by atoms with Gasteiger partial charge in [-0.25, -0.2) is 4.98 Å². The maximum absolute atomic E-state index is 12.2. The molecule has 0 aromatic carbocycles. The minimum atomic E-state index is -0.0526. The van der Waals surface area contributed by atoms with Crippen molar-refractivity contribution in [3.05, 3.63) is 18.2 Å². The molecule has 1 saturated carbocycles. The van der Waals surface area contributed by atoms with Crippen molar-refractivity contribution in [1.82, 2.24) is 20.2 Å². The summed E-state index contributed by atoms with van der Waals surface area (Å²) in [5, 5.41) is 2.97. The Morgan fingerprint density at radius 1 is 1.33 bits per heavy atom. The molecular weight excluding hydrogens is 268 g/mol. The molecule has 2 N–H and O–H groups in total. The predicted octanol–water partition coefficient (Wildman–Crippen LogP) is 0.717. The summed E-state index contributed by atoms with van der Waals surface area (Å²) in [6.45, 7) is 2.01. The van der Waals surface area contributed by atoms with Gasteiger partial charge in [0.15, 0.2) is 0 Å². The van der Waals surface area contributed by atoms with Gasteiger partial charge in [0.25, 0.3) is 0 Å². The van der Waals surface area contributed by atoms with E-state index < -0.39 is 0 Å². The lowest BCUT2D eigenvalue weighted by Gasteiger charge is -2.32. The van der Waals surface area contributed by atoms with Gasteiger partial charge in [0.1, 0.15) is 0 Å². The molecule has 2 heterocycles. The maximum Gasteiger partial charge on any atom is 0.225 e. The molecule has 114 valence electrons. The molecule has 1 atom stereocenters. The number of aromatic nitrogens is 2. The number of nitrogens with one attached hydrogen (secondary N) is 2. The van der Waals surface area contributed by atoms with Crippen molar-refractivity contribution in [2.75, 3.05) is 19.6 Å². The first-order valence-corrected chi connectivity index (χ1v) is 7.78. The Morgan fingerprint density at radius 2 is 2.19 bits per heavy atom.